The quantitative estimate of drug-likeness (QED) is 0.487. The summed E-state index contributed by atoms with van der Waals surface area (Å²) in [5, 5.41) is 6.18. The molecule has 0 spiro atoms. The fraction of sp³-hybridized carbons (Fsp3) is 0.263. The fourth-order valence-corrected chi connectivity index (χ4v) is 3.61. The summed E-state index contributed by atoms with van der Waals surface area (Å²) in [6, 6.07) is 5.44. The van der Waals surface area contributed by atoms with Crippen LogP contribution in [0, 0.1) is 0 Å². The van der Waals surface area contributed by atoms with Crippen molar-refractivity contribution in [3.63, 3.8) is 0 Å². The Kier molecular flexibility index (Phi) is 7.62. The average molecular weight is 497 g/mol. The minimum atomic E-state index is -4.78. The predicted molar refractivity (Wildman–Crippen MR) is 108 cm³/mol. The van der Waals surface area contributed by atoms with Crippen LogP contribution in [-0.4, -0.2) is 32.3 Å². The average Bonchev–Trinajstić information content (AvgIpc) is 2.66. The highest BCUT2D eigenvalue weighted by Gasteiger charge is 2.32. The number of alkyl halides is 6. The lowest BCUT2D eigenvalue weighted by atomic mass is 10.2. The van der Waals surface area contributed by atoms with Gasteiger partial charge in [0.2, 0.25) is 5.91 Å². The third-order valence-corrected chi connectivity index (χ3v) is 5.82. The molecule has 0 unspecified atom stereocenters. The van der Waals surface area contributed by atoms with Crippen molar-refractivity contribution in [3.8, 4) is 0 Å². The van der Waals surface area contributed by atoms with Crippen LogP contribution in [0.1, 0.15) is 18.9 Å². The molecule has 0 saturated heterocycles. The first-order chi connectivity index (χ1) is 15.1. The maximum Gasteiger partial charge on any atom is 0.416 e. The van der Waals surface area contributed by atoms with Gasteiger partial charge in [-0.3, -0.25) is 4.79 Å². The van der Waals surface area contributed by atoms with E-state index in [2.05, 4.69) is 10.6 Å². The first kappa shape index (κ1) is 26.0. The lowest BCUT2D eigenvalue weighted by molar-refractivity contribution is -0.150. The molecule has 0 heterocycles. The van der Waals surface area contributed by atoms with E-state index < -0.39 is 62.4 Å². The number of rotatable bonds is 6. The molecule has 0 aliphatic carbocycles. The van der Waals surface area contributed by atoms with Crippen LogP contribution >= 0.6 is 0 Å². The number of halogens is 6. The van der Waals surface area contributed by atoms with E-state index in [1.165, 1.54) is 6.92 Å². The van der Waals surface area contributed by atoms with Crippen molar-refractivity contribution in [1.29, 1.82) is 0 Å². The van der Waals surface area contributed by atoms with Gasteiger partial charge in [-0.05, 0) is 36.4 Å². The van der Waals surface area contributed by atoms with Crippen molar-refractivity contribution < 1.29 is 44.3 Å². The predicted octanol–water partition coefficient (Wildman–Crippen LogP) is 5.03. The summed E-state index contributed by atoms with van der Waals surface area (Å²) in [4.78, 5) is 23.4. The standard InChI is InChI=1S/C19H17F6N3O4S/c1-2-33(31,32)15-7-6-13(26-16(29)10-18(20,21)22)9-14(15)28-17(30)27-12-5-3-4-11(8-12)19(23,24)25/h3-9H,2,10H2,1H3,(H,26,29)(H2,27,28,30). The van der Waals surface area contributed by atoms with Gasteiger partial charge in [0, 0.05) is 11.4 Å². The number of hydrogen-bond acceptors (Lipinski definition) is 4. The van der Waals surface area contributed by atoms with Gasteiger partial charge in [0.1, 0.15) is 6.42 Å². The first-order valence-electron chi connectivity index (χ1n) is 9.09. The SMILES string of the molecule is CCS(=O)(=O)c1ccc(NC(=O)CC(F)(F)F)cc1NC(=O)Nc1cccc(C(F)(F)F)c1. The van der Waals surface area contributed by atoms with Crippen molar-refractivity contribution in [2.75, 3.05) is 21.7 Å². The molecule has 2 aromatic rings. The Hall–Kier alpha value is -3.29. The van der Waals surface area contributed by atoms with Crippen LogP contribution in [0.3, 0.4) is 0 Å². The number of hydrogen-bond donors (Lipinski definition) is 3. The Morgan fingerprint density at radius 2 is 1.52 bits per heavy atom. The molecule has 3 N–H and O–H groups in total. The fourth-order valence-electron chi connectivity index (χ4n) is 2.58. The monoisotopic (exact) mass is 497 g/mol. The molecule has 0 saturated carbocycles. The van der Waals surface area contributed by atoms with Gasteiger partial charge >= 0.3 is 18.4 Å². The van der Waals surface area contributed by atoms with Crippen LogP contribution < -0.4 is 16.0 Å². The van der Waals surface area contributed by atoms with Crippen LogP contribution in [0.25, 0.3) is 0 Å². The van der Waals surface area contributed by atoms with E-state index in [1.54, 1.807) is 0 Å². The van der Waals surface area contributed by atoms with Crippen LogP contribution in [0.4, 0.5) is 48.2 Å². The third kappa shape index (κ3) is 7.66. The maximum atomic E-state index is 12.8. The minimum absolute atomic E-state index is 0.242. The van der Waals surface area contributed by atoms with Crippen LogP contribution in [0.15, 0.2) is 47.4 Å². The molecule has 0 aliphatic heterocycles. The van der Waals surface area contributed by atoms with Gasteiger partial charge in [0.15, 0.2) is 9.84 Å². The lowest BCUT2D eigenvalue weighted by Gasteiger charge is -2.15. The summed E-state index contributed by atoms with van der Waals surface area (Å²) in [6.45, 7) is 1.31. The van der Waals surface area contributed by atoms with Gasteiger partial charge in [-0.25, -0.2) is 13.2 Å². The smallest absolute Gasteiger partial charge is 0.326 e. The highest BCUT2D eigenvalue weighted by Crippen LogP contribution is 2.31. The molecular formula is C19H17F6N3O4S. The second-order valence-corrected chi connectivity index (χ2v) is 8.86. The highest BCUT2D eigenvalue weighted by molar-refractivity contribution is 7.91. The summed E-state index contributed by atoms with van der Waals surface area (Å²) in [7, 11) is -3.93. The molecule has 2 aromatic carbocycles. The second-order valence-electron chi connectivity index (χ2n) is 6.61. The summed E-state index contributed by atoms with van der Waals surface area (Å²) in [5.74, 6) is -1.82. The number of carbonyl (C=O) groups excluding carboxylic acids is 2. The van der Waals surface area contributed by atoms with Crippen molar-refractivity contribution in [2.24, 2.45) is 0 Å². The molecule has 2 rings (SSSR count). The number of benzene rings is 2. The van der Waals surface area contributed by atoms with Crippen molar-refractivity contribution in [1.82, 2.24) is 0 Å². The Morgan fingerprint density at radius 3 is 2.09 bits per heavy atom. The van der Waals surface area contributed by atoms with E-state index in [1.807, 2.05) is 5.32 Å². The molecule has 0 bridgehead atoms. The van der Waals surface area contributed by atoms with E-state index in [0.717, 1.165) is 36.4 Å². The number of sulfone groups is 1. The van der Waals surface area contributed by atoms with Gasteiger partial charge in [0.25, 0.3) is 0 Å². The Morgan fingerprint density at radius 1 is 0.879 bits per heavy atom. The zero-order valence-corrected chi connectivity index (χ0v) is 17.6. The van der Waals surface area contributed by atoms with Gasteiger partial charge in [-0.1, -0.05) is 13.0 Å². The Labute approximate surface area is 184 Å². The van der Waals surface area contributed by atoms with Crippen molar-refractivity contribution >= 4 is 38.8 Å². The zero-order valence-electron chi connectivity index (χ0n) is 16.8. The first-order valence-corrected chi connectivity index (χ1v) is 10.7. The molecule has 3 amide bonds. The molecule has 180 valence electrons. The molecule has 0 aliphatic rings. The van der Waals surface area contributed by atoms with Gasteiger partial charge < -0.3 is 16.0 Å². The van der Waals surface area contributed by atoms with E-state index in [-0.39, 0.29) is 11.4 Å². The molecule has 33 heavy (non-hydrogen) atoms. The molecular weight excluding hydrogens is 480 g/mol. The Bertz CT molecular complexity index is 1150. The Balaban J connectivity index is 2.30. The number of anilines is 3. The largest absolute Gasteiger partial charge is 0.416 e. The molecule has 0 aromatic heterocycles. The number of nitrogens with one attached hydrogen (secondary N) is 3. The maximum absolute atomic E-state index is 12.8. The normalized spacial score (nSPS) is 12.2. The van der Waals surface area contributed by atoms with Crippen molar-refractivity contribution in [3.05, 3.63) is 48.0 Å². The molecule has 0 fully saturated rings. The van der Waals surface area contributed by atoms with Crippen molar-refractivity contribution in [2.45, 2.75) is 30.6 Å². The summed E-state index contributed by atoms with van der Waals surface area (Å²) >= 11 is 0. The van der Waals surface area contributed by atoms with Crippen LogP contribution in [0.2, 0.25) is 0 Å². The summed E-state index contributed by atoms with van der Waals surface area (Å²) in [5.41, 5.74) is -1.93. The topological polar surface area (TPSA) is 104 Å². The van der Waals surface area contributed by atoms with Gasteiger partial charge in [-0.15, -0.1) is 0 Å². The van der Waals surface area contributed by atoms with Crippen LogP contribution in [-0.2, 0) is 20.8 Å². The highest BCUT2D eigenvalue weighted by atomic mass is 32.2. The molecule has 7 nitrogen and oxygen atoms in total. The van der Waals surface area contributed by atoms with Gasteiger partial charge in [-0.2, -0.15) is 26.3 Å². The molecule has 14 heteroatoms. The minimum Gasteiger partial charge on any atom is -0.326 e. The molecule has 0 radical (unpaired) electrons. The zero-order chi connectivity index (χ0) is 25.0. The number of amides is 3. The third-order valence-electron chi connectivity index (χ3n) is 4.04. The van der Waals surface area contributed by atoms with E-state index >= 15 is 0 Å². The van der Waals surface area contributed by atoms with Gasteiger partial charge in [0.05, 0.1) is 21.9 Å². The van der Waals surface area contributed by atoms with E-state index in [9.17, 15) is 44.3 Å². The molecule has 0 atom stereocenters. The summed E-state index contributed by atoms with van der Waals surface area (Å²) < 4.78 is 100. The second kappa shape index (κ2) is 9.68. The summed E-state index contributed by atoms with van der Waals surface area (Å²) in [6.07, 6.45) is -11.2. The van der Waals surface area contributed by atoms with E-state index in [4.69, 9.17) is 0 Å². The van der Waals surface area contributed by atoms with E-state index in [0.29, 0.717) is 6.07 Å². The lowest BCUT2D eigenvalue weighted by Crippen LogP contribution is -2.23. The number of urea groups is 1. The number of carbonyl (C=O) groups is 2. The van der Waals surface area contributed by atoms with Crippen LogP contribution in [0.5, 0.6) is 0 Å².